The Kier molecular flexibility index (Phi) is 5.66. The number of benzene rings is 1. The standard InChI is InChI=1S/C19H26N2O5/c1-25-16-6-5-12(9-17(16)26-2)19(24)21-14-7-13(8-15(14)22)18(23)20-10-11-3-4-11/h5-6,9,11,13-15,22H,3-4,7-8,10H2,1-2H3,(H,20,23)(H,21,24)/t13-,14-,15-/m0/s1. The van der Waals surface area contributed by atoms with Crippen LogP contribution in [0.3, 0.4) is 0 Å². The first kappa shape index (κ1) is 18.5. The highest BCUT2D eigenvalue weighted by Gasteiger charge is 2.38. The Morgan fingerprint density at radius 2 is 1.88 bits per heavy atom. The first-order valence-electron chi connectivity index (χ1n) is 9.00. The molecule has 142 valence electrons. The number of methoxy groups -OCH3 is 2. The van der Waals surface area contributed by atoms with Gasteiger partial charge in [-0.25, -0.2) is 0 Å². The minimum atomic E-state index is -0.726. The van der Waals surface area contributed by atoms with E-state index in [-0.39, 0.29) is 17.7 Å². The number of aliphatic hydroxyl groups excluding tert-OH is 1. The normalized spacial score (nSPS) is 24.8. The largest absolute Gasteiger partial charge is 0.493 e. The van der Waals surface area contributed by atoms with Gasteiger partial charge in [0.1, 0.15) is 0 Å². The van der Waals surface area contributed by atoms with Crippen molar-refractivity contribution in [3.05, 3.63) is 23.8 Å². The van der Waals surface area contributed by atoms with Crippen molar-refractivity contribution >= 4 is 11.8 Å². The quantitative estimate of drug-likeness (QED) is 0.675. The average molecular weight is 362 g/mol. The molecule has 2 aliphatic rings. The number of amides is 2. The molecule has 2 amide bonds. The van der Waals surface area contributed by atoms with Crippen molar-refractivity contribution in [1.29, 1.82) is 0 Å². The minimum Gasteiger partial charge on any atom is -0.493 e. The molecule has 2 fully saturated rings. The highest BCUT2D eigenvalue weighted by Crippen LogP contribution is 2.30. The van der Waals surface area contributed by atoms with Crippen LogP contribution in [-0.4, -0.2) is 49.8 Å². The van der Waals surface area contributed by atoms with Crippen LogP contribution in [0.2, 0.25) is 0 Å². The van der Waals surface area contributed by atoms with Crippen LogP contribution in [0, 0.1) is 11.8 Å². The summed E-state index contributed by atoms with van der Waals surface area (Å²) in [5, 5.41) is 16.0. The number of rotatable bonds is 7. The molecule has 3 rings (SSSR count). The van der Waals surface area contributed by atoms with E-state index in [9.17, 15) is 14.7 Å². The van der Waals surface area contributed by atoms with Crippen LogP contribution in [0.4, 0.5) is 0 Å². The van der Waals surface area contributed by atoms with Gasteiger partial charge < -0.3 is 25.2 Å². The molecule has 7 heteroatoms. The topological polar surface area (TPSA) is 96.9 Å². The van der Waals surface area contributed by atoms with Gasteiger partial charge in [0.05, 0.1) is 26.4 Å². The number of carbonyl (C=O) groups excluding carboxylic acids is 2. The lowest BCUT2D eigenvalue weighted by atomic mass is 10.1. The van der Waals surface area contributed by atoms with Gasteiger partial charge in [0, 0.05) is 18.0 Å². The van der Waals surface area contributed by atoms with Gasteiger partial charge in [-0.1, -0.05) is 0 Å². The lowest BCUT2D eigenvalue weighted by Gasteiger charge is -2.17. The van der Waals surface area contributed by atoms with Crippen LogP contribution >= 0.6 is 0 Å². The van der Waals surface area contributed by atoms with Crippen molar-refractivity contribution in [2.24, 2.45) is 11.8 Å². The maximum absolute atomic E-state index is 12.5. The molecule has 0 radical (unpaired) electrons. The molecule has 3 N–H and O–H groups in total. The summed E-state index contributed by atoms with van der Waals surface area (Å²) in [6.45, 7) is 0.716. The fraction of sp³-hybridized carbons (Fsp3) is 0.579. The number of carbonyl (C=O) groups is 2. The molecule has 0 aromatic heterocycles. The number of hydrogen-bond donors (Lipinski definition) is 3. The van der Waals surface area contributed by atoms with Gasteiger partial charge in [-0.15, -0.1) is 0 Å². The highest BCUT2D eigenvalue weighted by molar-refractivity contribution is 5.95. The van der Waals surface area contributed by atoms with E-state index in [1.165, 1.54) is 27.1 Å². The van der Waals surface area contributed by atoms with Crippen LogP contribution in [0.5, 0.6) is 11.5 Å². The Morgan fingerprint density at radius 1 is 1.15 bits per heavy atom. The van der Waals surface area contributed by atoms with E-state index in [0.717, 1.165) is 0 Å². The van der Waals surface area contributed by atoms with E-state index >= 15 is 0 Å². The molecule has 2 saturated carbocycles. The van der Waals surface area contributed by atoms with E-state index in [2.05, 4.69) is 10.6 Å². The molecule has 0 saturated heterocycles. The fourth-order valence-electron chi connectivity index (χ4n) is 3.33. The number of hydrogen-bond acceptors (Lipinski definition) is 5. The zero-order valence-electron chi connectivity index (χ0n) is 15.2. The summed E-state index contributed by atoms with van der Waals surface area (Å²) in [4.78, 5) is 24.7. The molecule has 26 heavy (non-hydrogen) atoms. The highest BCUT2D eigenvalue weighted by atomic mass is 16.5. The Balaban J connectivity index is 1.57. The van der Waals surface area contributed by atoms with Crippen molar-refractivity contribution in [2.45, 2.75) is 37.8 Å². The summed E-state index contributed by atoms with van der Waals surface area (Å²) in [5.74, 6) is 1.01. The molecule has 0 aliphatic heterocycles. The van der Waals surface area contributed by atoms with Crippen LogP contribution in [0.15, 0.2) is 18.2 Å². The lowest BCUT2D eigenvalue weighted by molar-refractivity contribution is -0.125. The molecular weight excluding hydrogens is 336 g/mol. The monoisotopic (exact) mass is 362 g/mol. The number of ether oxygens (including phenoxy) is 2. The van der Waals surface area contributed by atoms with Crippen molar-refractivity contribution < 1.29 is 24.2 Å². The summed E-state index contributed by atoms with van der Waals surface area (Å²) in [6, 6.07) is 4.45. The Morgan fingerprint density at radius 3 is 2.54 bits per heavy atom. The minimum absolute atomic E-state index is 0.0289. The zero-order valence-corrected chi connectivity index (χ0v) is 15.2. The van der Waals surface area contributed by atoms with Crippen LogP contribution in [-0.2, 0) is 4.79 Å². The zero-order chi connectivity index (χ0) is 18.7. The van der Waals surface area contributed by atoms with Crippen molar-refractivity contribution in [2.75, 3.05) is 20.8 Å². The second-order valence-corrected chi connectivity index (χ2v) is 7.07. The van der Waals surface area contributed by atoms with Crippen LogP contribution in [0.1, 0.15) is 36.0 Å². The van der Waals surface area contributed by atoms with E-state index in [4.69, 9.17) is 9.47 Å². The molecule has 0 spiro atoms. The van der Waals surface area contributed by atoms with E-state index in [0.29, 0.717) is 42.4 Å². The van der Waals surface area contributed by atoms with Gasteiger partial charge in [-0.05, 0) is 49.8 Å². The van der Waals surface area contributed by atoms with Gasteiger partial charge in [-0.3, -0.25) is 9.59 Å². The predicted octanol–water partition coefficient (Wildman–Crippen LogP) is 1.10. The Bertz CT molecular complexity index is 674. The molecule has 7 nitrogen and oxygen atoms in total. The van der Waals surface area contributed by atoms with Crippen LogP contribution in [0.25, 0.3) is 0 Å². The maximum Gasteiger partial charge on any atom is 0.251 e. The third-order valence-electron chi connectivity index (χ3n) is 5.12. The first-order chi connectivity index (χ1) is 12.5. The van der Waals surface area contributed by atoms with Crippen molar-refractivity contribution in [1.82, 2.24) is 10.6 Å². The SMILES string of the molecule is COc1ccc(C(=O)N[C@H]2C[C@H](C(=O)NCC3CC3)C[C@@H]2O)cc1OC. The summed E-state index contributed by atoms with van der Waals surface area (Å²) in [6.07, 6.45) is 2.44. The summed E-state index contributed by atoms with van der Waals surface area (Å²) >= 11 is 0. The maximum atomic E-state index is 12.5. The number of aliphatic hydroxyl groups is 1. The smallest absolute Gasteiger partial charge is 0.251 e. The molecule has 3 atom stereocenters. The van der Waals surface area contributed by atoms with Crippen molar-refractivity contribution in [3.63, 3.8) is 0 Å². The van der Waals surface area contributed by atoms with Gasteiger partial charge in [0.2, 0.25) is 5.91 Å². The van der Waals surface area contributed by atoms with Gasteiger partial charge in [0.25, 0.3) is 5.91 Å². The fourth-order valence-corrected chi connectivity index (χ4v) is 3.33. The van der Waals surface area contributed by atoms with Gasteiger partial charge in [-0.2, -0.15) is 0 Å². The van der Waals surface area contributed by atoms with Crippen LogP contribution < -0.4 is 20.1 Å². The third kappa shape index (κ3) is 4.27. The molecule has 1 aromatic rings. The summed E-state index contributed by atoms with van der Waals surface area (Å²) in [5.41, 5.74) is 0.413. The van der Waals surface area contributed by atoms with E-state index in [1.807, 2.05) is 0 Å². The van der Waals surface area contributed by atoms with Crippen molar-refractivity contribution in [3.8, 4) is 11.5 Å². The molecule has 0 unspecified atom stereocenters. The molecule has 2 aliphatic carbocycles. The molecule has 0 bridgehead atoms. The second kappa shape index (κ2) is 7.95. The lowest BCUT2D eigenvalue weighted by Crippen LogP contribution is -2.40. The van der Waals surface area contributed by atoms with Gasteiger partial charge >= 0.3 is 0 Å². The second-order valence-electron chi connectivity index (χ2n) is 7.07. The average Bonchev–Trinajstić information content (AvgIpc) is 3.41. The third-order valence-corrected chi connectivity index (χ3v) is 5.12. The number of nitrogens with one attached hydrogen (secondary N) is 2. The van der Waals surface area contributed by atoms with Gasteiger partial charge in [0.15, 0.2) is 11.5 Å². The Hall–Kier alpha value is -2.28. The Labute approximate surface area is 153 Å². The first-order valence-corrected chi connectivity index (χ1v) is 9.00. The molecule has 1 aromatic carbocycles. The molecule has 0 heterocycles. The summed E-state index contributed by atoms with van der Waals surface area (Å²) < 4.78 is 10.4. The molecular formula is C19H26N2O5. The van der Waals surface area contributed by atoms with E-state index in [1.54, 1.807) is 18.2 Å². The van der Waals surface area contributed by atoms with E-state index < -0.39 is 12.1 Å². The predicted molar refractivity (Wildman–Crippen MR) is 95.3 cm³/mol. The summed E-state index contributed by atoms with van der Waals surface area (Å²) in [7, 11) is 3.03.